The second-order valence-electron chi connectivity index (χ2n) is 8.86. The quantitative estimate of drug-likeness (QED) is 0.314. The number of carbonyl (C=O) groups is 4. The van der Waals surface area contributed by atoms with E-state index in [1.54, 1.807) is 30.3 Å². The van der Waals surface area contributed by atoms with Gasteiger partial charge >= 0.3 is 5.97 Å². The first-order valence-corrected chi connectivity index (χ1v) is 10.8. The van der Waals surface area contributed by atoms with Crippen molar-refractivity contribution in [2.75, 3.05) is 11.5 Å². The Labute approximate surface area is 185 Å². The van der Waals surface area contributed by atoms with Crippen molar-refractivity contribution >= 4 is 29.3 Å². The number of fused-ring (bicyclic) bond motifs is 5. The van der Waals surface area contributed by atoms with E-state index in [4.69, 9.17) is 4.74 Å². The molecule has 6 heteroatoms. The van der Waals surface area contributed by atoms with Crippen LogP contribution in [0.3, 0.4) is 0 Å². The molecule has 0 radical (unpaired) electrons. The van der Waals surface area contributed by atoms with Gasteiger partial charge in [-0.05, 0) is 67.5 Å². The molecule has 32 heavy (non-hydrogen) atoms. The van der Waals surface area contributed by atoms with E-state index >= 15 is 0 Å². The van der Waals surface area contributed by atoms with Gasteiger partial charge in [-0.3, -0.25) is 14.4 Å². The van der Waals surface area contributed by atoms with E-state index in [2.05, 4.69) is 0 Å². The number of Topliss-reactive ketones (excluding diaryl/α,β-unsaturated/α-hetero) is 1. The Hall–Kier alpha value is -3.54. The Bertz CT molecular complexity index is 1170. The molecule has 1 saturated carbocycles. The first-order chi connectivity index (χ1) is 15.3. The SMILES string of the molecule is Cc1ccc(C(=O)COC(=O)c2cccc(N3C(=O)[C@@H]4[C@@H](C3=O)[C@H]3C=C[C@H]4C3)c2)cc1C. The number of rotatable bonds is 5. The Balaban J connectivity index is 1.29. The van der Waals surface area contributed by atoms with Gasteiger partial charge in [-0.15, -0.1) is 0 Å². The lowest BCUT2D eigenvalue weighted by atomic mass is 9.85. The van der Waals surface area contributed by atoms with Gasteiger partial charge in [-0.1, -0.05) is 30.4 Å². The van der Waals surface area contributed by atoms with Crippen LogP contribution in [0.1, 0.15) is 38.3 Å². The predicted molar refractivity (Wildman–Crippen MR) is 117 cm³/mol. The van der Waals surface area contributed by atoms with Crippen molar-refractivity contribution in [3.63, 3.8) is 0 Å². The average Bonchev–Trinajstić information content (AvgIpc) is 3.47. The Morgan fingerprint density at radius 3 is 2.25 bits per heavy atom. The normalized spacial score (nSPS) is 25.4. The molecule has 6 nitrogen and oxygen atoms in total. The molecule has 2 aromatic rings. The third-order valence-electron chi connectivity index (χ3n) is 6.97. The van der Waals surface area contributed by atoms with Gasteiger partial charge in [0.2, 0.25) is 11.8 Å². The molecule has 1 saturated heterocycles. The number of hydrogen-bond acceptors (Lipinski definition) is 5. The van der Waals surface area contributed by atoms with Gasteiger partial charge in [0.15, 0.2) is 12.4 Å². The molecular weight excluding hydrogens is 406 g/mol. The van der Waals surface area contributed by atoms with Crippen molar-refractivity contribution < 1.29 is 23.9 Å². The van der Waals surface area contributed by atoms with E-state index in [0.717, 1.165) is 17.5 Å². The summed E-state index contributed by atoms with van der Waals surface area (Å²) < 4.78 is 5.22. The molecule has 0 spiro atoms. The average molecular weight is 429 g/mol. The smallest absolute Gasteiger partial charge is 0.338 e. The molecule has 5 rings (SSSR count). The summed E-state index contributed by atoms with van der Waals surface area (Å²) in [6.07, 6.45) is 4.95. The molecule has 2 fully saturated rings. The van der Waals surface area contributed by atoms with Crippen LogP contribution < -0.4 is 4.90 Å². The Kier molecular flexibility index (Phi) is 4.81. The highest BCUT2D eigenvalue weighted by Crippen LogP contribution is 2.53. The minimum atomic E-state index is -0.676. The lowest BCUT2D eigenvalue weighted by molar-refractivity contribution is -0.123. The number of hydrogen-bond donors (Lipinski definition) is 0. The maximum absolute atomic E-state index is 13.0. The molecule has 162 valence electrons. The highest BCUT2D eigenvalue weighted by Gasteiger charge is 2.59. The standard InChI is InChI=1S/C26H23NO5/c1-14-6-7-16(10-15(14)2)21(28)13-32-26(31)19-4-3-5-20(12-19)27-24(29)22-17-8-9-18(11-17)23(22)25(27)30/h3-10,12,17-18,22-23H,11,13H2,1-2H3/t17-,18-,22-,23-/m0/s1. The van der Waals surface area contributed by atoms with Crippen molar-refractivity contribution in [2.45, 2.75) is 20.3 Å². The summed E-state index contributed by atoms with van der Waals surface area (Å²) in [6, 6.07) is 11.6. The number of anilines is 1. The van der Waals surface area contributed by atoms with Crippen LogP contribution in [0.4, 0.5) is 5.69 Å². The van der Waals surface area contributed by atoms with E-state index in [-0.39, 0.29) is 53.4 Å². The second kappa shape index (κ2) is 7.55. The molecule has 2 bridgehead atoms. The van der Waals surface area contributed by atoms with E-state index in [9.17, 15) is 19.2 Å². The number of aryl methyl sites for hydroxylation is 2. The highest BCUT2D eigenvalue weighted by molar-refractivity contribution is 6.23. The van der Waals surface area contributed by atoms with Crippen molar-refractivity contribution in [1.29, 1.82) is 0 Å². The number of imide groups is 1. The van der Waals surface area contributed by atoms with E-state index < -0.39 is 5.97 Å². The van der Waals surface area contributed by atoms with Crippen molar-refractivity contribution in [3.05, 3.63) is 76.9 Å². The van der Waals surface area contributed by atoms with Gasteiger partial charge in [0.25, 0.3) is 0 Å². The van der Waals surface area contributed by atoms with Crippen molar-refractivity contribution in [2.24, 2.45) is 23.7 Å². The highest BCUT2D eigenvalue weighted by atomic mass is 16.5. The number of nitrogens with zero attached hydrogens (tertiary/aromatic N) is 1. The van der Waals surface area contributed by atoms with Crippen LogP contribution in [0.2, 0.25) is 0 Å². The van der Waals surface area contributed by atoms with Gasteiger partial charge in [0.1, 0.15) is 0 Å². The minimum Gasteiger partial charge on any atom is -0.454 e. The van der Waals surface area contributed by atoms with Crippen LogP contribution in [-0.2, 0) is 14.3 Å². The van der Waals surface area contributed by atoms with Gasteiger partial charge in [0.05, 0.1) is 23.1 Å². The molecule has 0 unspecified atom stereocenters. The summed E-state index contributed by atoms with van der Waals surface area (Å²) in [7, 11) is 0. The molecule has 4 atom stereocenters. The lowest BCUT2D eigenvalue weighted by Crippen LogP contribution is -2.33. The van der Waals surface area contributed by atoms with Gasteiger partial charge < -0.3 is 4.74 Å². The number of allylic oxidation sites excluding steroid dienone is 2. The van der Waals surface area contributed by atoms with Crippen LogP contribution in [0, 0.1) is 37.5 Å². The summed E-state index contributed by atoms with van der Waals surface area (Å²) >= 11 is 0. The number of benzene rings is 2. The summed E-state index contributed by atoms with van der Waals surface area (Å²) in [6.45, 7) is 3.49. The summed E-state index contributed by atoms with van der Waals surface area (Å²) in [4.78, 5) is 52.2. The fraction of sp³-hybridized carbons (Fsp3) is 0.308. The lowest BCUT2D eigenvalue weighted by Gasteiger charge is -2.18. The molecule has 3 aliphatic rings. The van der Waals surface area contributed by atoms with Crippen LogP contribution in [0.25, 0.3) is 0 Å². The predicted octanol–water partition coefficient (Wildman–Crippen LogP) is 3.65. The van der Waals surface area contributed by atoms with Crippen molar-refractivity contribution in [3.8, 4) is 0 Å². The third kappa shape index (κ3) is 3.18. The fourth-order valence-corrected chi connectivity index (χ4v) is 5.14. The molecular formula is C26H23NO5. The first-order valence-electron chi connectivity index (χ1n) is 10.8. The number of ether oxygens (including phenoxy) is 1. The Morgan fingerprint density at radius 2 is 1.59 bits per heavy atom. The van der Waals surface area contributed by atoms with Crippen LogP contribution >= 0.6 is 0 Å². The third-order valence-corrected chi connectivity index (χ3v) is 6.97. The number of amides is 2. The number of ketones is 1. The number of carbonyl (C=O) groups excluding carboxylic acids is 4. The second-order valence-corrected chi connectivity index (χ2v) is 8.86. The molecule has 2 aliphatic carbocycles. The summed E-state index contributed by atoms with van der Waals surface area (Å²) in [5.74, 6) is -1.73. The van der Waals surface area contributed by atoms with Crippen LogP contribution in [0.5, 0.6) is 0 Å². The molecule has 1 heterocycles. The van der Waals surface area contributed by atoms with Crippen molar-refractivity contribution in [1.82, 2.24) is 0 Å². The van der Waals surface area contributed by atoms with Gasteiger partial charge in [-0.2, -0.15) is 0 Å². The monoisotopic (exact) mass is 429 g/mol. The fourth-order valence-electron chi connectivity index (χ4n) is 5.14. The van der Waals surface area contributed by atoms with E-state index in [1.165, 1.54) is 11.0 Å². The minimum absolute atomic E-state index is 0.121. The van der Waals surface area contributed by atoms with E-state index in [1.807, 2.05) is 32.1 Å². The molecule has 0 N–H and O–H groups in total. The molecule has 2 aromatic carbocycles. The summed E-state index contributed by atoms with van der Waals surface area (Å²) in [5.41, 5.74) is 3.10. The number of esters is 1. The molecule has 0 aromatic heterocycles. The van der Waals surface area contributed by atoms with Crippen LogP contribution in [-0.4, -0.2) is 30.2 Å². The largest absolute Gasteiger partial charge is 0.454 e. The first kappa shape index (κ1) is 20.4. The Morgan fingerprint density at radius 1 is 0.906 bits per heavy atom. The van der Waals surface area contributed by atoms with E-state index in [0.29, 0.717) is 11.3 Å². The summed E-state index contributed by atoms with van der Waals surface area (Å²) in [5, 5.41) is 0. The maximum atomic E-state index is 13.0. The topological polar surface area (TPSA) is 80.8 Å². The zero-order valence-electron chi connectivity index (χ0n) is 17.9. The zero-order chi connectivity index (χ0) is 22.6. The van der Waals surface area contributed by atoms with Crippen LogP contribution in [0.15, 0.2) is 54.6 Å². The molecule has 2 amide bonds. The zero-order valence-corrected chi connectivity index (χ0v) is 17.9. The molecule has 1 aliphatic heterocycles. The maximum Gasteiger partial charge on any atom is 0.338 e. The van der Waals surface area contributed by atoms with Gasteiger partial charge in [0, 0.05) is 5.56 Å². The van der Waals surface area contributed by atoms with Gasteiger partial charge in [-0.25, -0.2) is 9.69 Å².